The average molecular weight is 610 g/mol. The summed E-state index contributed by atoms with van der Waals surface area (Å²) in [5, 5.41) is -0.637. The molecule has 2 unspecified atom stereocenters. The van der Waals surface area contributed by atoms with Gasteiger partial charge < -0.3 is 4.74 Å². The second kappa shape index (κ2) is 9.32. The summed E-state index contributed by atoms with van der Waals surface area (Å²) in [7, 11) is -15.0. The van der Waals surface area contributed by atoms with Gasteiger partial charge in [-0.15, -0.1) is 13.2 Å². The molecule has 0 bridgehead atoms. The zero-order valence-electron chi connectivity index (χ0n) is 18.6. The van der Waals surface area contributed by atoms with Gasteiger partial charge in [0.15, 0.2) is 5.03 Å². The fourth-order valence-corrected chi connectivity index (χ4v) is 8.34. The molecule has 1 aromatic carbocycles. The highest BCUT2D eigenvalue weighted by Crippen LogP contribution is 2.53. The highest BCUT2D eigenvalue weighted by Gasteiger charge is 2.59. The Kier molecular flexibility index (Phi) is 6.99. The molecule has 1 aromatic heterocycles. The van der Waals surface area contributed by atoms with Crippen LogP contribution in [0.3, 0.4) is 0 Å². The lowest BCUT2D eigenvalue weighted by atomic mass is 10.3. The van der Waals surface area contributed by atoms with E-state index < -0.39 is 86.6 Å². The molecule has 1 aliphatic heterocycles. The van der Waals surface area contributed by atoms with Crippen LogP contribution in [0.15, 0.2) is 57.4 Å². The summed E-state index contributed by atoms with van der Waals surface area (Å²) >= 11 is 0. The van der Waals surface area contributed by atoms with Crippen molar-refractivity contribution in [2.24, 2.45) is 17.8 Å². The highest BCUT2D eigenvalue weighted by molar-refractivity contribution is 7.93. The molecule has 2 atom stereocenters. The molecule has 2 heterocycles. The Bertz CT molecular complexity index is 1530. The number of ether oxygens (including phenoxy) is 1. The van der Waals surface area contributed by atoms with Crippen molar-refractivity contribution in [3.8, 4) is 5.75 Å². The van der Waals surface area contributed by atoms with E-state index in [2.05, 4.69) is 9.72 Å². The lowest BCUT2D eigenvalue weighted by molar-refractivity contribution is -0.274. The number of aromatic nitrogens is 1. The Labute approximate surface area is 212 Å². The van der Waals surface area contributed by atoms with Gasteiger partial charge in [0.1, 0.15) is 10.6 Å². The molecule has 19 heteroatoms. The molecule has 2 fully saturated rings. The van der Waals surface area contributed by atoms with E-state index in [9.17, 15) is 51.6 Å². The SMILES string of the molecule is O=S(=O)(c1ccccn1)c1cc(OC(F)(F)F)ccc1S(=O)(=O)N1CC2C(CNS(=O)(=O)C(F)(F)F)C2C1. The molecule has 0 spiro atoms. The van der Waals surface area contributed by atoms with E-state index in [0.717, 1.165) is 16.6 Å². The van der Waals surface area contributed by atoms with Crippen LogP contribution >= 0.6 is 0 Å². The number of nitrogens with one attached hydrogen (secondary N) is 1. The second-order valence-corrected chi connectivity index (χ2v) is 14.0. The first-order chi connectivity index (χ1) is 17.3. The number of piperidine rings is 1. The Morgan fingerprint density at radius 1 is 0.921 bits per heavy atom. The summed E-state index contributed by atoms with van der Waals surface area (Å²) in [6, 6.07) is 5.33. The quantitative estimate of drug-likeness (QED) is 0.449. The summed E-state index contributed by atoms with van der Waals surface area (Å²) in [6.07, 6.45) is -4.12. The van der Waals surface area contributed by atoms with Crippen molar-refractivity contribution in [2.75, 3.05) is 19.6 Å². The van der Waals surface area contributed by atoms with E-state index in [4.69, 9.17) is 0 Å². The van der Waals surface area contributed by atoms with Gasteiger partial charge in [-0.25, -0.2) is 35.0 Å². The number of sulfone groups is 1. The first kappa shape index (κ1) is 28.5. The molecule has 1 saturated heterocycles. The van der Waals surface area contributed by atoms with E-state index in [1.54, 1.807) is 0 Å². The van der Waals surface area contributed by atoms with Crippen LogP contribution in [0.5, 0.6) is 5.75 Å². The number of pyridine rings is 1. The van der Waals surface area contributed by atoms with Crippen LogP contribution in [0.2, 0.25) is 0 Å². The molecule has 2 aromatic rings. The van der Waals surface area contributed by atoms with E-state index >= 15 is 0 Å². The van der Waals surface area contributed by atoms with Crippen molar-refractivity contribution in [3.63, 3.8) is 0 Å². The van der Waals surface area contributed by atoms with Crippen molar-refractivity contribution < 1.29 is 56.3 Å². The summed E-state index contributed by atoms with van der Waals surface area (Å²) in [5.74, 6) is -2.60. The minimum Gasteiger partial charge on any atom is -0.406 e. The third-order valence-corrected chi connectivity index (χ3v) is 11.0. The number of nitrogens with zero attached hydrogens (tertiary/aromatic N) is 2. The van der Waals surface area contributed by atoms with Crippen LogP contribution in [-0.2, 0) is 29.9 Å². The van der Waals surface area contributed by atoms with E-state index in [1.165, 1.54) is 16.9 Å². The standard InChI is InChI=1S/C19H17F6N3O7S3/c20-18(21,22)35-11-4-5-15(16(7-11)36(29,30)17-3-1-2-6-26-17)37(31,32)28-9-13-12(14(13)10-28)8-27-38(33,34)19(23,24)25/h1-7,12-14,27H,8-10H2. The van der Waals surface area contributed by atoms with E-state index in [0.29, 0.717) is 18.2 Å². The highest BCUT2D eigenvalue weighted by atomic mass is 32.2. The molecular formula is C19H17F6N3O7S3. The number of halogens is 6. The van der Waals surface area contributed by atoms with Gasteiger partial charge in [0, 0.05) is 31.9 Å². The molecular weight excluding hydrogens is 592 g/mol. The van der Waals surface area contributed by atoms with Gasteiger partial charge in [0.25, 0.3) is 0 Å². The number of benzene rings is 1. The average Bonchev–Trinajstić information content (AvgIpc) is 3.24. The molecule has 210 valence electrons. The summed E-state index contributed by atoms with van der Waals surface area (Å²) in [6.45, 7) is -1.11. The van der Waals surface area contributed by atoms with Crippen molar-refractivity contribution in [1.82, 2.24) is 14.0 Å². The van der Waals surface area contributed by atoms with Gasteiger partial charge >= 0.3 is 21.9 Å². The summed E-state index contributed by atoms with van der Waals surface area (Å²) in [5.41, 5.74) is -5.51. The van der Waals surface area contributed by atoms with Crippen molar-refractivity contribution in [3.05, 3.63) is 42.6 Å². The largest absolute Gasteiger partial charge is 0.573 e. The molecule has 10 nitrogen and oxygen atoms in total. The van der Waals surface area contributed by atoms with E-state index in [-0.39, 0.29) is 13.1 Å². The van der Waals surface area contributed by atoms with Gasteiger partial charge in [0.2, 0.25) is 19.9 Å². The first-order valence-electron chi connectivity index (χ1n) is 10.5. The molecule has 1 N–H and O–H groups in total. The van der Waals surface area contributed by atoms with Crippen LogP contribution in [0, 0.1) is 17.8 Å². The van der Waals surface area contributed by atoms with Crippen LogP contribution < -0.4 is 9.46 Å². The molecule has 2 aliphatic rings. The third-order valence-electron chi connectivity index (χ3n) is 6.12. The third kappa shape index (κ3) is 5.47. The molecule has 1 aliphatic carbocycles. The number of alkyl halides is 6. The maximum Gasteiger partial charge on any atom is 0.573 e. The summed E-state index contributed by atoms with van der Waals surface area (Å²) in [4.78, 5) is 1.77. The van der Waals surface area contributed by atoms with Crippen LogP contribution in [0.4, 0.5) is 26.3 Å². The number of fused-ring (bicyclic) bond motifs is 1. The molecule has 38 heavy (non-hydrogen) atoms. The molecule has 0 amide bonds. The van der Waals surface area contributed by atoms with Crippen LogP contribution in [0.25, 0.3) is 0 Å². The zero-order valence-corrected chi connectivity index (χ0v) is 21.1. The first-order valence-corrected chi connectivity index (χ1v) is 14.9. The number of sulfonamides is 2. The predicted octanol–water partition coefficient (Wildman–Crippen LogP) is 2.12. The molecule has 4 rings (SSSR count). The lowest BCUT2D eigenvalue weighted by Gasteiger charge is -2.22. The number of hydrogen-bond acceptors (Lipinski definition) is 8. The van der Waals surface area contributed by atoms with Crippen molar-refractivity contribution in [2.45, 2.75) is 26.7 Å². The van der Waals surface area contributed by atoms with Crippen molar-refractivity contribution >= 4 is 29.9 Å². The summed E-state index contributed by atoms with van der Waals surface area (Å²) < 4.78 is 157. The maximum absolute atomic E-state index is 13.4. The Morgan fingerprint density at radius 2 is 1.55 bits per heavy atom. The smallest absolute Gasteiger partial charge is 0.406 e. The van der Waals surface area contributed by atoms with Crippen LogP contribution in [0.1, 0.15) is 0 Å². The number of hydrogen-bond donors (Lipinski definition) is 1. The minimum absolute atomic E-state index is 0.269. The Hall–Kier alpha value is -2.48. The van der Waals surface area contributed by atoms with Gasteiger partial charge in [-0.05, 0) is 42.0 Å². The zero-order chi connectivity index (χ0) is 28.3. The fourth-order valence-electron chi connectivity index (χ4n) is 4.26. The van der Waals surface area contributed by atoms with Gasteiger partial charge in [-0.3, -0.25) is 0 Å². The molecule has 0 radical (unpaired) electrons. The van der Waals surface area contributed by atoms with Crippen molar-refractivity contribution in [1.29, 1.82) is 0 Å². The maximum atomic E-state index is 13.4. The van der Waals surface area contributed by atoms with Crippen LogP contribution in [-0.4, -0.2) is 66.0 Å². The van der Waals surface area contributed by atoms with Gasteiger partial charge in [-0.1, -0.05) is 6.07 Å². The normalized spacial score (nSPS) is 22.7. The fraction of sp³-hybridized carbons (Fsp3) is 0.421. The Balaban J connectivity index is 1.60. The van der Waals surface area contributed by atoms with Gasteiger partial charge in [0.05, 0.1) is 4.90 Å². The molecule has 1 saturated carbocycles. The monoisotopic (exact) mass is 609 g/mol. The van der Waals surface area contributed by atoms with Gasteiger partial charge in [-0.2, -0.15) is 17.5 Å². The second-order valence-electron chi connectivity index (χ2n) is 8.44. The Morgan fingerprint density at radius 3 is 2.08 bits per heavy atom. The van der Waals surface area contributed by atoms with E-state index in [1.807, 2.05) is 0 Å². The number of rotatable bonds is 8. The predicted molar refractivity (Wildman–Crippen MR) is 115 cm³/mol. The lowest BCUT2D eigenvalue weighted by Crippen LogP contribution is -2.39. The minimum atomic E-state index is -5.58. The topological polar surface area (TPSA) is 140 Å².